The topological polar surface area (TPSA) is 12.0 Å². The van der Waals surface area contributed by atoms with Gasteiger partial charge >= 0.3 is 0 Å². The third-order valence-electron chi connectivity index (χ3n) is 2.86. The highest BCUT2D eigenvalue weighted by Crippen LogP contribution is 2.31. The molecule has 2 atom stereocenters. The second-order valence-electron chi connectivity index (χ2n) is 3.92. The van der Waals surface area contributed by atoms with Crippen LogP contribution in [0, 0.1) is 11.3 Å². The van der Waals surface area contributed by atoms with Crippen LogP contribution in [0.1, 0.15) is 20.8 Å². The van der Waals surface area contributed by atoms with Crippen molar-refractivity contribution in [3.63, 3.8) is 0 Å². The molecule has 1 saturated heterocycles. The average Bonchev–Trinajstić information content (AvgIpc) is 2.34. The SMILES string of the molecule is C/C=C\C=C/[C@@]1(C)CNC[C@@H]1C. The summed E-state index contributed by atoms with van der Waals surface area (Å²) in [5.41, 5.74) is 0.361. The first-order valence-corrected chi connectivity index (χ1v) is 4.70. The molecule has 0 bridgehead atoms. The van der Waals surface area contributed by atoms with Gasteiger partial charge in [0.05, 0.1) is 0 Å². The molecular weight excluding hydrogens is 146 g/mol. The van der Waals surface area contributed by atoms with Crippen LogP contribution in [-0.4, -0.2) is 13.1 Å². The van der Waals surface area contributed by atoms with E-state index >= 15 is 0 Å². The van der Waals surface area contributed by atoms with E-state index in [9.17, 15) is 0 Å². The molecular formula is C11H19N. The van der Waals surface area contributed by atoms with Gasteiger partial charge in [-0.05, 0) is 19.4 Å². The second kappa shape index (κ2) is 3.90. The molecule has 1 aliphatic heterocycles. The Hall–Kier alpha value is -0.560. The molecule has 1 aliphatic rings. The monoisotopic (exact) mass is 165 g/mol. The van der Waals surface area contributed by atoms with Gasteiger partial charge in [0, 0.05) is 12.0 Å². The summed E-state index contributed by atoms with van der Waals surface area (Å²) >= 11 is 0. The molecule has 0 spiro atoms. The van der Waals surface area contributed by atoms with E-state index in [0.717, 1.165) is 19.0 Å². The smallest absolute Gasteiger partial charge is 0.00431 e. The highest BCUT2D eigenvalue weighted by molar-refractivity contribution is 5.11. The lowest BCUT2D eigenvalue weighted by Gasteiger charge is -2.23. The fourth-order valence-corrected chi connectivity index (χ4v) is 1.58. The summed E-state index contributed by atoms with van der Waals surface area (Å²) in [5.74, 6) is 0.749. The van der Waals surface area contributed by atoms with Crippen LogP contribution in [0.5, 0.6) is 0 Å². The van der Waals surface area contributed by atoms with Crippen molar-refractivity contribution in [3.8, 4) is 0 Å². The van der Waals surface area contributed by atoms with Crippen LogP contribution >= 0.6 is 0 Å². The quantitative estimate of drug-likeness (QED) is 0.619. The summed E-state index contributed by atoms with van der Waals surface area (Å²) in [6.45, 7) is 8.93. The Balaban J connectivity index is 2.59. The Bertz CT molecular complexity index is 193. The minimum atomic E-state index is 0.361. The molecule has 1 heterocycles. The van der Waals surface area contributed by atoms with E-state index in [4.69, 9.17) is 0 Å². The molecule has 1 rings (SSSR count). The van der Waals surface area contributed by atoms with Crippen molar-refractivity contribution in [2.24, 2.45) is 11.3 Å². The summed E-state index contributed by atoms with van der Waals surface area (Å²) in [4.78, 5) is 0. The molecule has 1 heteroatoms. The zero-order valence-corrected chi connectivity index (χ0v) is 8.30. The Morgan fingerprint density at radius 3 is 2.67 bits per heavy atom. The maximum absolute atomic E-state index is 3.41. The van der Waals surface area contributed by atoms with Crippen molar-refractivity contribution in [1.82, 2.24) is 5.32 Å². The lowest BCUT2D eigenvalue weighted by Crippen LogP contribution is -2.21. The number of nitrogens with one attached hydrogen (secondary N) is 1. The maximum atomic E-state index is 3.41. The summed E-state index contributed by atoms with van der Waals surface area (Å²) < 4.78 is 0. The second-order valence-corrected chi connectivity index (χ2v) is 3.92. The zero-order valence-electron chi connectivity index (χ0n) is 8.30. The molecule has 0 unspecified atom stereocenters. The van der Waals surface area contributed by atoms with Crippen LogP contribution in [0.3, 0.4) is 0 Å². The zero-order chi connectivity index (χ0) is 9.03. The van der Waals surface area contributed by atoms with Gasteiger partial charge in [-0.1, -0.05) is 38.2 Å². The van der Waals surface area contributed by atoms with Gasteiger partial charge in [-0.2, -0.15) is 0 Å². The van der Waals surface area contributed by atoms with Crippen LogP contribution in [-0.2, 0) is 0 Å². The number of rotatable bonds is 2. The maximum Gasteiger partial charge on any atom is 0.00431 e. The van der Waals surface area contributed by atoms with Crippen LogP contribution in [0.2, 0.25) is 0 Å². The summed E-state index contributed by atoms with van der Waals surface area (Å²) in [7, 11) is 0. The van der Waals surface area contributed by atoms with E-state index in [0.29, 0.717) is 5.41 Å². The minimum absolute atomic E-state index is 0.361. The van der Waals surface area contributed by atoms with Gasteiger partial charge in [-0.25, -0.2) is 0 Å². The molecule has 0 amide bonds. The standard InChI is InChI=1S/C11H19N/c1-4-5-6-7-11(3)9-12-8-10(11)2/h4-7,10,12H,8-9H2,1-3H3/b5-4-,7-6-/t10-,11-/m0/s1. The molecule has 1 N–H and O–H groups in total. The third-order valence-corrected chi connectivity index (χ3v) is 2.86. The minimum Gasteiger partial charge on any atom is -0.316 e. The van der Waals surface area contributed by atoms with Gasteiger partial charge in [0.25, 0.3) is 0 Å². The number of hydrogen-bond donors (Lipinski definition) is 1. The molecule has 0 radical (unpaired) electrons. The van der Waals surface area contributed by atoms with E-state index in [1.807, 2.05) is 6.92 Å². The highest BCUT2D eigenvalue weighted by Gasteiger charge is 2.32. The van der Waals surface area contributed by atoms with Crippen molar-refractivity contribution >= 4 is 0 Å². The molecule has 12 heavy (non-hydrogen) atoms. The van der Waals surface area contributed by atoms with Gasteiger partial charge in [0.1, 0.15) is 0 Å². The Morgan fingerprint density at radius 2 is 2.17 bits per heavy atom. The van der Waals surface area contributed by atoms with Gasteiger partial charge in [0.2, 0.25) is 0 Å². The molecule has 0 aromatic carbocycles. The Kier molecular flexibility index (Phi) is 3.10. The van der Waals surface area contributed by atoms with Crippen molar-refractivity contribution in [1.29, 1.82) is 0 Å². The predicted octanol–water partition coefficient (Wildman–Crippen LogP) is 2.36. The molecule has 68 valence electrons. The first-order valence-electron chi connectivity index (χ1n) is 4.70. The largest absolute Gasteiger partial charge is 0.316 e. The van der Waals surface area contributed by atoms with E-state index < -0.39 is 0 Å². The van der Waals surface area contributed by atoms with Crippen molar-refractivity contribution in [2.75, 3.05) is 13.1 Å². The van der Waals surface area contributed by atoms with Crippen LogP contribution in [0.15, 0.2) is 24.3 Å². The predicted molar refractivity (Wildman–Crippen MR) is 54.1 cm³/mol. The molecule has 0 aliphatic carbocycles. The molecule has 1 nitrogen and oxygen atoms in total. The van der Waals surface area contributed by atoms with Crippen LogP contribution in [0.4, 0.5) is 0 Å². The first kappa shape index (κ1) is 9.53. The molecule has 0 saturated carbocycles. The summed E-state index contributed by atoms with van der Waals surface area (Å²) in [6, 6.07) is 0. The Morgan fingerprint density at radius 1 is 1.42 bits per heavy atom. The lowest BCUT2D eigenvalue weighted by molar-refractivity contribution is 0.364. The van der Waals surface area contributed by atoms with Crippen molar-refractivity contribution in [3.05, 3.63) is 24.3 Å². The molecule has 0 aromatic heterocycles. The molecule has 1 fully saturated rings. The number of hydrogen-bond acceptors (Lipinski definition) is 1. The normalized spacial score (nSPS) is 37.1. The van der Waals surface area contributed by atoms with E-state index in [1.54, 1.807) is 0 Å². The third kappa shape index (κ3) is 1.98. The molecule has 0 aromatic rings. The van der Waals surface area contributed by atoms with Gasteiger partial charge in [0.15, 0.2) is 0 Å². The fourth-order valence-electron chi connectivity index (χ4n) is 1.58. The van der Waals surface area contributed by atoms with Gasteiger partial charge in [-0.3, -0.25) is 0 Å². The van der Waals surface area contributed by atoms with E-state index in [1.165, 1.54) is 0 Å². The van der Waals surface area contributed by atoms with Gasteiger partial charge < -0.3 is 5.32 Å². The van der Waals surface area contributed by atoms with Gasteiger partial charge in [-0.15, -0.1) is 0 Å². The van der Waals surface area contributed by atoms with Crippen LogP contribution in [0.25, 0.3) is 0 Å². The van der Waals surface area contributed by atoms with E-state index in [-0.39, 0.29) is 0 Å². The average molecular weight is 165 g/mol. The Labute approximate surface area is 75.6 Å². The summed E-state index contributed by atoms with van der Waals surface area (Å²) in [6.07, 6.45) is 8.63. The van der Waals surface area contributed by atoms with E-state index in [2.05, 4.69) is 43.5 Å². The lowest BCUT2D eigenvalue weighted by atomic mass is 9.81. The van der Waals surface area contributed by atoms with Crippen LogP contribution < -0.4 is 5.32 Å². The first-order chi connectivity index (χ1) is 5.69. The summed E-state index contributed by atoms with van der Waals surface area (Å²) in [5, 5.41) is 3.41. The fraction of sp³-hybridized carbons (Fsp3) is 0.636. The van der Waals surface area contributed by atoms with Crippen molar-refractivity contribution < 1.29 is 0 Å². The highest BCUT2D eigenvalue weighted by atomic mass is 14.9. The van der Waals surface area contributed by atoms with Crippen molar-refractivity contribution in [2.45, 2.75) is 20.8 Å². The number of allylic oxidation sites excluding steroid dienone is 3.